The molecule has 0 saturated carbocycles. The van der Waals surface area contributed by atoms with Crippen molar-refractivity contribution in [1.29, 1.82) is 0 Å². The Hall–Kier alpha value is -1.69. The van der Waals surface area contributed by atoms with Gasteiger partial charge in [-0.2, -0.15) is 0 Å². The zero-order valence-corrected chi connectivity index (χ0v) is 12.0. The molecule has 21 heavy (non-hydrogen) atoms. The van der Waals surface area contributed by atoms with Crippen LogP contribution in [0.5, 0.6) is 0 Å². The predicted molar refractivity (Wildman–Crippen MR) is 77.2 cm³/mol. The molecule has 0 aliphatic rings. The minimum atomic E-state index is -0.608. The third-order valence-corrected chi connectivity index (χ3v) is 3.16. The van der Waals surface area contributed by atoms with Crippen molar-refractivity contribution >= 4 is 0 Å². The van der Waals surface area contributed by atoms with E-state index in [4.69, 9.17) is 9.15 Å². The number of furan rings is 1. The lowest BCUT2D eigenvalue weighted by atomic mass is 10.1. The molecule has 0 amide bonds. The molecule has 5 heteroatoms. The summed E-state index contributed by atoms with van der Waals surface area (Å²) in [5.74, 6) is 0.479. The smallest absolute Gasteiger partial charge is 0.129 e. The van der Waals surface area contributed by atoms with E-state index in [0.717, 1.165) is 11.3 Å². The summed E-state index contributed by atoms with van der Waals surface area (Å²) in [6.45, 7) is 2.93. The van der Waals surface area contributed by atoms with Gasteiger partial charge in [-0.25, -0.2) is 4.39 Å². The van der Waals surface area contributed by atoms with Gasteiger partial charge in [0.2, 0.25) is 0 Å². The van der Waals surface area contributed by atoms with Gasteiger partial charge in [0, 0.05) is 12.6 Å². The van der Waals surface area contributed by atoms with Gasteiger partial charge in [-0.15, -0.1) is 0 Å². The zero-order valence-electron chi connectivity index (χ0n) is 12.0. The van der Waals surface area contributed by atoms with Crippen molar-refractivity contribution in [3.63, 3.8) is 0 Å². The third kappa shape index (κ3) is 5.30. The second kappa shape index (κ2) is 7.93. The molecule has 0 bridgehead atoms. The number of rotatable bonds is 8. The van der Waals surface area contributed by atoms with Crippen LogP contribution in [-0.2, 0) is 11.3 Å². The molecule has 0 saturated heterocycles. The van der Waals surface area contributed by atoms with Crippen molar-refractivity contribution in [3.05, 3.63) is 59.8 Å². The summed E-state index contributed by atoms with van der Waals surface area (Å²) in [4.78, 5) is 0. The van der Waals surface area contributed by atoms with Crippen molar-refractivity contribution in [2.24, 2.45) is 0 Å². The largest absolute Gasteiger partial charge is 0.467 e. The minimum absolute atomic E-state index is 0.0327. The van der Waals surface area contributed by atoms with Crippen LogP contribution in [0.3, 0.4) is 0 Å². The summed E-state index contributed by atoms with van der Waals surface area (Å²) < 4.78 is 23.3. The fourth-order valence-corrected chi connectivity index (χ4v) is 1.93. The van der Waals surface area contributed by atoms with E-state index in [9.17, 15) is 9.50 Å². The summed E-state index contributed by atoms with van der Waals surface area (Å²) in [7, 11) is 0. The predicted octanol–water partition coefficient (Wildman–Crippen LogP) is 2.65. The summed E-state index contributed by atoms with van der Waals surface area (Å²) in [6, 6.07) is 9.96. The van der Waals surface area contributed by atoms with Crippen molar-refractivity contribution in [3.8, 4) is 0 Å². The Labute approximate surface area is 123 Å². The van der Waals surface area contributed by atoms with Gasteiger partial charge in [-0.1, -0.05) is 12.1 Å². The Morgan fingerprint density at radius 2 is 2.05 bits per heavy atom. The maximum Gasteiger partial charge on any atom is 0.129 e. The van der Waals surface area contributed by atoms with Crippen LogP contribution < -0.4 is 5.32 Å². The van der Waals surface area contributed by atoms with Crippen molar-refractivity contribution in [1.82, 2.24) is 5.32 Å². The fraction of sp³-hybridized carbons (Fsp3) is 0.375. The highest BCUT2D eigenvalue weighted by Gasteiger charge is 2.09. The normalized spacial score (nSPS) is 14.0. The minimum Gasteiger partial charge on any atom is -0.467 e. The summed E-state index contributed by atoms with van der Waals surface area (Å²) in [6.07, 6.45) is 0.976. The van der Waals surface area contributed by atoms with Gasteiger partial charge >= 0.3 is 0 Å². The molecule has 0 aliphatic carbocycles. The number of benzene rings is 1. The van der Waals surface area contributed by atoms with Gasteiger partial charge in [0.15, 0.2) is 0 Å². The lowest BCUT2D eigenvalue weighted by Crippen LogP contribution is -2.32. The van der Waals surface area contributed by atoms with Crippen molar-refractivity contribution in [2.75, 3.05) is 13.2 Å². The quantitative estimate of drug-likeness (QED) is 0.785. The van der Waals surface area contributed by atoms with E-state index in [0.29, 0.717) is 13.2 Å². The molecule has 1 aromatic heterocycles. The summed E-state index contributed by atoms with van der Waals surface area (Å²) in [5.41, 5.74) is 0.972. The summed E-state index contributed by atoms with van der Waals surface area (Å²) >= 11 is 0. The second-order valence-corrected chi connectivity index (χ2v) is 4.93. The van der Waals surface area contributed by atoms with Gasteiger partial charge in [0.25, 0.3) is 0 Å². The fourth-order valence-electron chi connectivity index (χ4n) is 1.93. The average molecular weight is 293 g/mol. The highest BCUT2D eigenvalue weighted by Crippen LogP contribution is 2.12. The first-order chi connectivity index (χ1) is 10.1. The zero-order chi connectivity index (χ0) is 15.1. The number of ether oxygens (including phenoxy) is 1. The molecule has 2 atom stereocenters. The summed E-state index contributed by atoms with van der Waals surface area (Å²) in [5, 5.41) is 13.0. The van der Waals surface area contributed by atoms with Gasteiger partial charge in [0.05, 0.1) is 19.0 Å². The molecule has 1 heterocycles. The van der Waals surface area contributed by atoms with Crippen LogP contribution in [0.2, 0.25) is 0 Å². The Morgan fingerprint density at radius 3 is 2.71 bits per heavy atom. The van der Waals surface area contributed by atoms with E-state index in [2.05, 4.69) is 5.32 Å². The number of halogens is 1. The maximum atomic E-state index is 12.8. The number of aliphatic hydroxyl groups excluding tert-OH is 1. The number of aliphatic hydroxyl groups is 1. The standard InChI is InChI=1S/C16H20FNO3/c1-12(13-4-6-14(17)7-5-13)18-9-15(19)10-20-11-16-3-2-8-21-16/h2-8,12,15,18-19H,9-11H2,1H3/t12-,15?/m0/s1. The first-order valence-corrected chi connectivity index (χ1v) is 6.92. The number of hydrogen-bond acceptors (Lipinski definition) is 4. The van der Waals surface area contributed by atoms with Gasteiger partial charge in [-0.05, 0) is 36.8 Å². The van der Waals surface area contributed by atoms with Gasteiger partial charge in [-0.3, -0.25) is 0 Å². The second-order valence-electron chi connectivity index (χ2n) is 4.93. The molecule has 0 fully saturated rings. The molecule has 4 nitrogen and oxygen atoms in total. The molecule has 0 spiro atoms. The SMILES string of the molecule is C[C@H](NCC(O)COCc1ccco1)c1ccc(F)cc1. The van der Waals surface area contributed by atoms with Crippen molar-refractivity contribution < 1.29 is 18.7 Å². The van der Waals surface area contributed by atoms with Crippen LogP contribution in [0, 0.1) is 5.82 Å². The van der Waals surface area contributed by atoms with E-state index in [1.165, 1.54) is 12.1 Å². The first kappa shape index (κ1) is 15.7. The first-order valence-electron chi connectivity index (χ1n) is 6.92. The molecule has 1 aromatic carbocycles. The molecule has 114 valence electrons. The maximum absolute atomic E-state index is 12.8. The Balaban J connectivity index is 1.66. The Bertz CT molecular complexity index is 513. The van der Waals surface area contributed by atoms with E-state index in [1.807, 2.05) is 13.0 Å². The molecule has 2 rings (SSSR count). The Kier molecular flexibility index (Phi) is 5.92. The molecular formula is C16H20FNO3. The highest BCUT2D eigenvalue weighted by molar-refractivity contribution is 5.19. The van der Waals surface area contributed by atoms with Crippen LogP contribution >= 0.6 is 0 Å². The van der Waals surface area contributed by atoms with Crippen molar-refractivity contribution in [2.45, 2.75) is 25.7 Å². The van der Waals surface area contributed by atoms with Crippen LogP contribution in [0.4, 0.5) is 4.39 Å². The third-order valence-electron chi connectivity index (χ3n) is 3.16. The molecule has 0 aliphatic heterocycles. The lowest BCUT2D eigenvalue weighted by Gasteiger charge is -2.17. The van der Waals surface area contributed by atoms with E-state index < -0.39 is 6.10 Å². The monoisotopic (exact) mass is 293 g/mol. The molecule has 2 aromatic rings. The van der Waals surface area contributed by atoms with Crippen LogP contribution in [0.25, 0.3) is 0 Å². The lowest BCUT2D eigenvalue weighted by molar-refractivity contribution is 0.0217. The van der Waals surface area contributed by atoms with E-state index in [1.54, 1.807) is 24.5 Å². The topological polar surface area (TPSA) is 54.6 Å². The van der Waals surface area contributed by atoms with Crippen LogP contribution in [0.15, 0.2) is 47.1 Å². The van der Waals surface area contributed by atoms with E-state index in [-0.39, 0.29) is 18.5 Å². The van der Waals surface area contributed by atoms with Crippen LogP contribution in [0.1, 0.15) is 24.3 Å². The molecule has 2 N–H and O–H groups in total. The van der Waals surface area contributed by atoms with Gasteiger partial charge in [0.1, 0.15) is 18.2 Å². The molecule has 0 radical (unpaired) electrons. The number of hydrogen-bond donors (Lipinski definition) is 2. The molecule has 1 unspecified atom stereocenters. The Morgan fingerprint density at radius 1 is 1.29 bits per heavy atom. The average Bonchev–Trinajstić information content (AvgIpc) is 2.99. The van der Waals surface area contributed by atoms with Crippen LogP contribution in [-0.4, -0.2) is 24.4 Å². The molecular weight excluding hydrogens is 273 g/mol. The van der Waals surface area contributed by atoms with E-state index >= 15 is 0 Å². The number of nitrogens with one attached hydrogen (secondary N) is 1. The highest BCUT2D eigenvalue weighted by atomic mass is 19.1. The van der Waals surface area contributed by atoms with Gasteiger partial charge < -0.3 is 19.6 Å².